The second-order valence-electron chi connectivity index (χ2n) is 4.55. The molecule has 0 amide bonds. The maximum atomic E-state index is 5.71. The molecule has 25 heavy (non-hydrogen) atoms. The molecule has 0 heterocycles. The molecule has 0 saturated heterocycles. The summed E-state index contributed by atoms with van der Waals surface area (Å²) in [5.41, 5.74) is 3.44. The van der Waals surface area contributed by atoms with Gasteiger partial charge >= 0.3 is 17.6 Å². The van der Waals surface area contributed by atoms with E-state index in [2.05, 4.69) is 0 Å². The van der Waals surface area contributed by atoms with E-state index in [1.165, 1.54) is 12.5 Å². The highest BCUT2D eigenvalue weighted by Crippen LogP contribution is 2.14. The number of hydrogen-bond acceptors (Lipinski definition) is 7. The van der Waals surface area contributed by atoms with Crippen LogP contribution >= 0.6 is 0 Å². The second-order valence-corrected chi connectivity index (χ2v) is 9.36. The van der Waals surface area contributed by atoms with Crippen molar-refractivity contribution < 1.29 is 31.3 Å². The van der Waals surface area contributed by atoms with Crippen LogP contribution in [0.25, 0.3) is 0 Å². The largest absolute Gasteiger partial charge is 0.532 e. The SMILES string of the molecule is CCO[Si](C=COC=C[Si](OCC)(OCC)OCC)(OCC)OCC. The highest BCUT2D eigenvalue weighted by molar-refractivity contribution is 6.66. The van der Waals surface area contributed by atoms with Gasteiger partial charge in [0.05, 0.1) is 12.5 Å². The molecule has 0 bridgehead atoms. The zero-order chi connectivity index (χ0) is 19.0. The van der Waals surface area contributed by atoms with Crippen molar-refractivity contribution in [2.45, 2.75) is 41.5 Å². The van der Waals surface area contributed by atoms with Crippen molar-refractivity contribution in [1.29, 1.82) is 0 Å². The Hall–Kier alpha value is -0.526. The first-order chi connectivity index (χ1) is 12.1. The van der Waals surface area contributed by atoms with E-state index < -0.39 is 17.6 Å². The zero-order valence-electron chi connectivity index (χ0n) is 16.4. The van der Waals surface area contributed by atoms with Crippen LogP contribution in [0.15, 0.2) is 23.9 Å². The van der Waals surface area contributed by atoms with Crippen molar-refractivity contribution in [2.75, 3.05) is 39.6 Å². The summed E-state index contributed by atoms with van der Waals surface area (Å²) in [6.07, 6.45) is 3.01. The summed E-state index contributed by atoms with van der Waals surface area (Å²) in [4.78, 5) is 0. The van der Waals surface area contributed by atoms with E-state index in [1.54, 1.807) is 11.4 Å². The Kier molecular flexibility index (Phi) is 14.3. The maximum absolute atomic E-state index is 5.71. The van der Waals surface area contributed by atoms with Crippen LogP contribution in [0.3, 0.4) is 0 Å². The van der Waals surface area contributed by atoms with E-state index in [1.807, 2.05) is 41.5 Å². The van der Waals surface area contributed by atoms with E-state index in [0.717, 1.165) is 0 Å². The monoisotopic (exact) mass is 394 g/mol. The normalized spacial score (nSPS) is 13.2. The Bertz CT molecular complexity index is 309. The third kappa shape index (κ3) is 9.66. The summed E-state index contributed by atoms with van der Waals surface area (Å²) >= 11 is 0. The quantitative estimate of drug-likeness (QED) is 0.294. The van der Waals surface area contributed by atoms with Crippen molar-refractivity contribution >= 4 is 17.6 Å². The van der Waals surface area contributed by atoms with Crippen LogP contribution in [-0.4, -0.2) is 57.3 Å². The zero-order valence-corrected chi connectivity index (χ0v) is 18.4. The average Bonchev–Trinajstić information content (AvgIpc) is 2.56. The minimum atomic E-state index is -2.86. The lowest BCUT2D eigenvalue weighted by atomic mass is 10.9. The van der Waals surface area contributed by atoms with Crippen LogP contribution in [0, 0.1) is 0 Å². The minimum absolute atomic E-state index is 0.501. The lowest BCUT2D eigenvalue weighted by Gasteiger charge is -2.25. The van der Waals surface area contributed by atoms with E-state index in [4.69, 9.17) is 31.3 Å². The van der Waals surface area contributed by atoms with Gasteiger partial charge in [-0.25, -0.2) is 0 Å². The van der Waals surface area contributed by atoms with Crippen LogP contribution in [0.5, 0.6) is 0 Å². The highest BCUT2D eigenvalue weighted by Gasteiger charge is 2.39. The van der Waals surface area contributed by atoms with Crippen LogP contribution in [-0.2, 0) is 31.3 Å². The fourth-order valence-electron chi connectivity index (χ4n) is 2.04. The predicted molar refractivity (Wildman–Crippen MR) is 101 cm³/mol. The molecule has 0 rings (SSSR count). The lowest BCUT2D eigenvalue weighted by Crippen LogP contribution is -2.44. The first-order valence-electron chi connectivity index (χ1n) is 8.91. The summed E-state index contributed by atoms with van der Waals surface area (Å²) in [5.74, 6) is 0. The molecule has 0 aromatic carbocycles. The summed E-state index contributed by atoms with van der Waals surface area (Å²) < 4.78 is 39.7. The van der Waals surface area contributed by atoms with E-state index in [0.29, 0.717) is 39.6 Å². The van der Waals surface area contributed by atoms with Gasteiger partial charge in [0.25, 0.3) is 0 Å². The van der Waals surface area contributed by atoms with Crippen molar-refractivity contribution in [2.24, 2.45) is 0 Å². The first kappa shape index (κ1) is 24.5. The molecule has 0 fully saturated rings. The van der Waals surface area contributed by atoms with Gasteiger partial charge in [-0.05, 0) is 41.5 Å². The van der Waals surface area contributed by atoms with Crippen molar-refractivity contribution in [3.05, 3.63) is 23.9 Å². The molecule has 0 atom stereocenters. The van der Waals surface area contributed by atoms with E-state index >= 15 is 0 Å². The molecule has 0 aliphatic rings. The van der Waals surface area contributed by atoms with Gasteiger partial charge in [-0.1, -0.05) is 0 Å². The van der Waals surface area contributed by atoms with E-state index in [9.17, 15) is 0 Å². The topological polar surface area (TPSA) is 64.6 Å². The van der Waals surface area contributed by atoms with Gasteiger partial charge in [-0.3, -0.25) is 0 Å². The summed E-state index contributed by atoms with van der Waals surface area (Å²) in [5, 5.41) is 0. The van der Waals surface area contributed by atoms with E-state index in [-0.39, 0.29) is 0 Å². The summed E-state index contributed by atoms with van der Waals surface area (Å²) in [7, 11) is -5.72. The molecule has 9 heteroatoms. The standard InChI is InChI=1S/C16H34O7Si2/c1-7-18-24(19-8-2,20-9-3)15-13-17-14-16-25(21-10-4,22-11-5)23-12-6/h13-16H,7-12H2,1-6H3. The summed E-state index contributed by atoms with van der Waals surface area (Å²) in [6, 6.07) is 0. The number of hydrogen-bond donors (Lipinski definition) is 0. The molecule has 0 radical (unpaired) electrons. The van der Waals surface area contributed by atoms with Gasteiger partial charge in [0.1, 0.15) is 0 Å². The van der Waals surface area contributed by atoms with Gasteiger partial charge < -0.3 is 31.3 Å². The van der Waals surface area contributed by atoms with Gasteiger partial charge in [-0.15, -0.1) is 0 Å². The molecule has 0 aromatic rings. The molecule has 0 unspecified atom stereocenters. The molecule has 0 aromatic heterocycles. The highest BCUT2D eigenvalue weighted by atomic mass is 28.4. The van der Waals surface area contributed by atoms with Crippen LogP contribution in [0.4, 0.5) is 0 Å². The molecule has 0 saturated carbocycles. The predicted octanol–water partition coefficient (Wildman–Crippen LogP) is 3.21. The molecule has 7 nitrogen and oxygen atoms in total. The Balaban J connectivity index is 4.97. The molecule has 148 valence electrons. The summed E-state index contributed by atoms with van der Waals surface area (Å²) in [6.45, 7) is 14.4. The van der Waals surface area contributed by atoms with Crippen LogP contribution < -0.4 is 0 Å². The van der Waals surface area contributed by atoms with Crippen molar-refractivity contribution in [3.63, 3.8) is 0 Å². The van der Waals surface area contributed by atoms with Gasteiger partial charge in [0, 0.05) is 51.0 Å². The Morgan fingerprint density at radius 3 is 0.920 bits per heavy atom. The number of ether oxygens (including phenoxy) is 1. The third-order valence-electron chi connectivity index (χ3n) is 2.77. The Labute approximate surface area is 154 Å². The van der Waals surface area contributed by atoms with Crippen LogP contribution in [0.1, 0.15) is 41.5 Å². The average molecular weight is 395 g/mol. The Morgan fingerprint density at radius 1 is 0.480 bits per heavy atom. The second kappa shape index (κ2) is 14.6. The maximum Gasteiger partial charge on any atom is 0.532 e. The fraction of sp³-hybridized carbons (Fsp3) is 0.750. The van der Waals surface area contributed by atoms with Gasteiger partial charge in [0.2, 0.25) is 0 Å². The number of rotatable bonds is 16. The van der Waals surface area contributed by atoms with Gasteiger partial charge in [-0.2, -0.15) is 0 Å². The van der Waals surface area contributed by atoms with Crippen LogP contribution in [0.2, 0.25) is 0 Å². The van der Waals surface area contributed by atoms with Crippen molar-refractivity contribution in [1.82, 2.24) is 0 Å². The molecule has 0 aliphatic carbocycles. The Morgan fingerprint density at radius 2 is 0.720 bits per heavy atom. The molecule has 0 spiro atoms. The molecular formula is C16H34O7Si2. The lowest BCUT2D eigenvalue weighted by molar-refractivity contribution is 0.0836. The molecular weight excluding hydrogens is 360 g/mol. The third-order valence-corrected chi connectivity index (χ3v) is 8.01. The minimum Gasteiger partial charge on any atom is -0.474 e. The van der Waals surface area contributed by atoms with Crippen molar-refractivity contribution in [3.8, 4) is 0 Å². The first-order valence-corrected chi connectivity index (χ1v) is 12.5. The van der Waals surface area contributed by atoms with Gasteiger partial charge in [0.15, 0.2) is 0 Å². The smallest absolute Gasteiger partial charge is 0.474 e. The molecule has 0 N–H and O–H groups in total. The fourth-order valence-corrected chi connectivity index (χ4v) is 6.02. The molecule has 0 aliphatic heterocycles.